The summed E-state index contributed by atoms with van der Waals surface area (Å²) in [6.45, 7) is 12.8. The van der Waals surface area contributed by atoms with E-state index in [0.29, 0.717) is 6.04 Å². The molecule has 1 atom stereocenters. The third kappa shape index (κ3) is 4.60. The lowest BCUT2D eigenvalue weighted by atomic mass is 10.1. The smallest absolute Gasteiger partial charge is 0.135 e. The van der Waals surface area contributed by atoms with Crippen LogP contribution in [0.15, 0.2) is 30.6 Å². The van der Waals surface area contributed by atoms with Gasteiger partial charge in [0.05, 0.1) is 0 Å². The predicted molar refractivity (Wildman–Crippen MR) is 103 cm³/mol. The molecule has 2 aromatic rings. The lowest BCUT2D eigenvalue weighted by molar-refractivity contribution is 0.758. The Balaban J connectivity index is 2.15. The van der Waals surface area contributed by atoms with E-state index in [4.69, 9.17) is 0 Å². The van der Waals surface area contributed by atoms with Gasteiger partial charge in [0.15, 0.2) is 0 Å². The summed E-state index contributed by atoms with van der Waals surface area (Å²) in [5, 5.41) is 6.77. The molecule has 1 aromatic carbocycles. The zero-order chi connectivity index (χ0) is 17.5. The van der Waals surface area contributed by atoms with E-state index in [-0.39, 0.29) is 0 Å². The Kier molecular flexibility index (Phi) is 6.41. The minimum absolute atomic E-state index is 0.392. The van der Waals surface area contributed by atoms with E-state index in [0.717, 1.165) is 36.8 Å². The number of benzene rings is 1. The fourth-order valence-corrected chi connectivity index (χ4v) is 2.57. The third-order valence-corrected chi connectivity index (χ3v) is 4.28. The van der Waals surface area contributed by atoms with Crippen LogP contribution in [0.25, 0.3) is 0 Å². The number of nitrogens with one attached hydrogen (secondary N) is 2. The van der Waals surface area contributed by atoms with Crippen molar-refractivity contribution in [3.63, 3.8) is 0 Å². The quantitative estimate of drug-likeness (QED) is 0.743. The third-order valence-electron chi connectivity index (χ3n) is 4.28. The molecule has 0 aliphatic rings. The molecule has 0 amide bonds. The average molecular weight is 327 g/mol. The van der Waals surface area contributed by atoms with Gasteiger partial charge in [0.1, 0.15) is 18.0 Å². The van der Waals surface area contributed by atoms with Gasteiger partial charge < -0.3 is 15.5 Å². The Morgan fingerprint density at radius 3 is 2.38 bits per heavy atom. The highest BCUT2D eigenvalue weighted by Gasteiger charge is 2.07. The van der Waals surface area contributed by atoms with E-state index in [1.54, 1.807) is 6.33 Å². The molecular weight excluding hydrogens is 298 g/mol. The summed E-state index contributed by atoms with van der Waals surface area (Å²) in [4.78, 5) is 11.0. The van der Waals surface area contributed by atoms with Crippen LogP contribution >= 0.6 is 0 Å². The zero-order valence-electron chi connectivity index (χ0n) is 15.4. The van der Waals surface area contributed by atoms with Crippen LogP contribution in [0.3, 0.4) is 0 Å². The number of anilines is 4. The SMILES string of the molecule is CCC(C)Nc1cc(Nc2ccc(N(CC)CC)cc2C)ncn1. The number of aryl methyl sites for hydroxylation is 1. The Morgan fingerprint density at radius 2 is 1.75 bits per heavy atom. The largest absolute Gasteiger partial charge is 0.372 e. The van der Waals surface area contributed by atoms with E-state index in [1.165, 1.54) is 11.3 Å². The summed E-state index contributed by atoms with van der Waals surface area (Å²) in [7, 11) is 0. The van der Waals surface area contributed by atoms with Crippen LogP contribution in [0.4, 0.5) is 23.0 Å². The van der Waals surface area contributed by atoms with Crippen molar-refractivity contribution in [1.82, 2.24) is 9.97 Å². The minimum Gasteiger partial charge on any atom is -0.372 e. The lowest BCUT2D eigenvalue weighted by Crippen LogP contribution is -2.21. The molecule has 2 N–H and O–H groups in total. The maximum Gasteiger partial charge on any atom is 0.135 e. The highest BCUT2D eigenvalue weighted by Crippen LogP contribution is 2.25. The Hall–Kier alpha value is -2.30. The molecule has 0 aliphatic carbocycles. The van der Waals surface area contributed by atoms with Crippen LogP contribution in [-0.4, -0.2) is 29.1 Å². The molecule has 0 spiro atoms. The minimum atomic E-state index is 0.392. The van der Waals surface area contributed by atoms with Gasteiger partial charge >= 0.3 is 0 Å². The molecule has 1 unspecified atom stereocenters. The number of hydrogen-bond donors (Lipinski definition) is 2. The molecule has 1 heterocycles. The molecular formula is C19H29N5. The lowest BCUT2D eigenvalue weighted by Gasteiger charge is -2.22. The average Bonchev–Trinajstić information content (AvgIpc) is 2.58. The van der Waals surface area contributed by atoms with Crippen molar-refractivity contribution in [2.24, 2.45) is 0 Å². The summed E-state index contributed by atoms with van der Waals surface area (Å²) in [5.41, 5.74) is 3.53. The predicted octanol–water partition coefficient (Wildman–Crippen LogP) is 4.59. The van der Waals surface area contributed by atoms with Gasteiger partial charge in [-0.05, 0) is 57.9 Å². The first-order chi connectivity index (χ1) is 11.6. The highest BCUT2D eigenvalue weighted by molar-refractivity contribution is 5.66. The second-order valence-corrected chi connectivity index (χ2v) is 6.04. The van der Waals surface area contributed by atoms with Crippen LogP contribution in [0.1, 0.15) is 39.7 Å². The van der Waals surface area contributed by atoms with E-state index >= 15 is 0 Å². The molecule has 0 saturated heterocycles. The molecule has 5 nitrogen and oxygen atoms in total. The van der Waals surface area contributed by atoms with Crippen molar-refractivity contribution in [2.75, 3.05) is 28.6 Å². The Morgan fingerprint density at radius 1 is 1.04 bits per heavy atom. The van der Waals surface area contributed by atoms with Crippen molar-refractivity contribution in [3.05, 3.63) is 36.2 Å². The summed E-state index contributed by atoms with van der Waals surface area (Å²) >= 11 is 0. The number of nitrogens with zero attached hydrogens (tertiary/aromatic N) is 3. The fraction of sp³-hybridized carbons (Fsp3) is 0.474. The number of hydrogen-bond acceptors (Lipinski definition) is 5. The van der Waals surface area contributed by atoms with Gasteiger partial charge in [0.25, 0.3) is 0 Å². The molecule has 0 aliphatic heterocycles. The maximum atomic E-state index is 4.33. The Labute approximate surface area is 145 Å². The van der Waals surface area contributed by atoms with Crippen molar-refractivity contribution < 1.29 is 0 Å². The maximum absolute atomic E-state index is 4.33. The van der Waals surface area contributed by atoms with Crippen molar-refractivity contribution in [3.8, 4) is 0 Å². The van der Waals surface area contributed by atoms with Gasteiger partial charge in [0.2, 0.25) is 0 Å². The van der Waals surface area contributed by atoms with E-state index in [9.17, 15) is 0 Å². The summed E-state index contributed by atoms with van der Waals surface area (Å²) in [6, 6.07) is 8.83. The molecule has 130 valence electrons. The zero-order valence-corrected chi connectivity index (χ0v) is 15.4. The van der Waals surface area contributed by atoms with Gasteiger partial charge in [-0.25, -0.2) is 9.97 Å². The summed E-state index contributed by atoms with van der Waals surface area (Å²) < 4.78 is 0. The van der Waals surface area contributed by atoms with Gasteiger partial charge in [-0.1, -0.05) is 6.92 Å². The molecule has 5 heteroatoms. The molecule has 24 heavy (non-hydrogen) atoms. The second kappa shape index (κ2) is 8.52. The van der Waals surface area contributed by atoms with Crippen LogP contribution in [-0.2, 0) is 0 Å². The molecule has 0 bridgehead atoms. The Bertz CT molecular complexity index is 652. The first kappa shape index (κ1) is 18.0. The van der Waals surface area contributed by atoms with E-state index in [2.05, 4.69) is 78.3 Å². The van der Waals surface area contributed by atoms with Gasteiger partial charge in [-0.3, -0.25) is 0 Å². The molecule has 1 aromatic heterocycles. The van der Waals surface area contributed by atoms with Crippen LogP contribution < -0.4 is 15.5 Å². The first-order valence-corrected chi connectivity index (χ1v) is 8.78. The van der Waals surface area contributed by atoms with Crippen molar-refractivity contribution in [2.45, 2.75) is 47.1 Å². The van der Waals surface area contributed by atoms with Crippen molar-refractivity contribution >= 4 is 23.0 Å². The number of aromatic nitrogens is 2. The topological polar surface area (TPSA) is 53.1 Å². The highest BCUT2D eigenvalue weighted by atomic mass is 15.1. The van der Waals surface area contributed by atoms with Crippen LogP contribution in [0, 0.1) is 6.92 Å². The first-order valence-electron chi connectivity index (χ1n) is 8.78. The summed E-state index contributed by atoms with van der Waals surface area (Å²) in [6.07, 6.45) is 2.64. The monoisotopic (exact) mass is 327 g/mol. The molecule has 0 radical (unpaired) electrons. The molecule has 2 rings (SSSR count). The standard InChI is InChI=1S/C19H29N5/c1-6-15(5)22-18-12-19(21-13-20-18)23-17-10-9-16(11-14(17)4)24(7-2)8-3/h9-13,15H,6-8H2,1-5H3,(H2,20,21,22,23). The van der Waals surface area contributed by atoms with Crippen LogP contribution in [0.5, 0.6) is 0 Å². The normalized spacial score (nSPS) is 11.9. The molecule has 0 saturated carbocycles. The number of rotatable bonds is 8. The van der Waals surface area contributed by atoms with E-state index < -0.39 is 0 Å². The van der Waals surface area contributed by atoms with E-state index in [1.807, 2.05) is 6.07 Å². The second-order valence-electron chi connectivity index (χ2n) is 6.04. The molecule has 0 fully saturated rings. The van der Waals surface area contributed by atoms with Gasteiger partial charge in [-0.15, -0.1) is 0 Å². The summed E-state index contributed by atoms with van der Waals surface area (Å²) in [5.74, 6) is 1.65. The van der Waals surface area contributed by atoms with Gasteiger partial charge in [-0.2, -0.15) is 0 Å². The van der Waals surface area contributed by atoms with Crippen LogP contribution in [0.2, 0.25) is 0 Å². The van der Waals surface area contributed by atoms with Gasteiger partial charge in [0, 0.05) is 36.6 Å². The van der Waals surface area contributed by atoms with Crippen molar-refractivity contribution in [1.29, 1.82) is 0 Å². The fourth-order valence-electron chi connectivity index (χ4n) is 2.57.